The molecule has 0 amide bonds. The van der Waals surface area contributed by atoms with E-state index in [1.165, 1.54) is 12.1 Å². The van der Waals surface area contributed by atoms with Gasteiger partial charge >= 0.3 is 0 Å². The van der Waals surface area contributed by atoms with Crippen molar-refractivity contribution in [1.82, 2.24) is 0 Å². The van der Waals surface area contributed by atoms with Gasteiger partial charge in [-0.05, 0) is 11.6 Å². The number of benzene rings is 1. The molecule has 0 aliphatic carbocycles. The van der Waals surface area contributed by atoms with Crippen LogP contribution in [0.5, 0.6) is 0 Å². The maximum absolute atomic E-state index is 12.5. The Kier molecular flexibility index (Phi) is 1.72. The van der Waals surface area contributed by atoms with E-state index in [-0.39, 0.29) is 10.6 Å². The second kappa shape index (κ2) is 2.36. The van der Waals surface area contributed by atoms with Gasteiger partial charge in [0.1, 0.15) is 5.82 Å². The molecule has 1 aromatic rings. The molecule has 0 bridgehead atoms. The highest BCUT2D eigenvalue weighted by Crippen LogP contribution is 2.15. The third kappa shape index (κ3) is 1.22. The first kappa shape index (κ1) is 6.56. The summed E-state index contributed by atoms with van der Waals surface area (Å²) >= 11 is 5.36. The Morgan fingerprint density at radius 1 is 1.44 bits per heavy atom. The minimum atomic E-state index is -0.542. The maximum atomic E-state index is 12.5. The Hall–Kier alpha value is -0.560. The molecule has 1 rings (SSSR count). The zero-order valence-electron chi connectivity index (χ0n) is 4.57. The van der Waals surface area contributed by atoms with E-state index in [0.717, 1.165) is 0 Å². The molecule has 0 unspecified atom stereocenters. The Morgan fingerprint density at radius 2 is 2.11 bits per heavy atom. The summed E-state index contributed by atoms with van der Waals surface area (Å²) in [5.41, 5.74) is 0.0856. The van der Waals surface area contributed by atoms with Gasteiger partial charge in [-0.3, -0.25) is 0 Å². The lowest BCUT2D eigenvalue weighted by Gasteiger charge is -1.94. The van der Waals surface area contributed by atoms with Gasteiger partial charge in [-0.1, -0.05) is 23.7 Å². The summed E-state index contributed by atoms with van der Waals surface area (Å²) in [6, 6.07) is 4.51. The minimum absolute atomic E-state index is 0.0648. The van der Waals surface area contributed by atoms with Gasteiger partial charge in [0.05, 0.1) is 5.02 Å². The first-order valence-corrected chi connectivity index (χ1v) is 2.79. The first-order valence-electron chi connectivity index (χ1n) is 2.41. The molecule has 0 nitrogen and oxygen atoms in total. The molecule has 0 saturated heterocycles. The van der Waals surface area contributed by atoms with E-state index in [2.05, 4.69) is 0 Å². The molecule has 0 fully saturated rings. The summed E-state index contributed by atoms with van der Waals surface area (Å²) in [6.07, 6.45) is 0. The highest BCUT2D eigenvalue weighted by molar-refractivity contribution is 6.30. The van der Waals surface area contributed by atoms with Gasteiger partial charge in [0.2, 0.25) is 0 Å². The Bertz CT molecular complexity index is 200. The van der Waals surface area contributed by atoms with E-state index in [1.54, 1.807) is 6.07 Å². The van der Waals surface area contributed by atoms with Crippen LogP contribution >= 0.6 is 11.6 Å². The predicted molar refractivity (Wildman–Crippen MR) is 34.8 cm³/mol. The Morgan fingerprint density at radius 3 is 2.56 bits per heavy atom. The van der Waals surface area contributed by atoms with Crippen LogP contribution in [0.15, 0.2) is 18.2 Å². The molecule has 2 radical (unpaired) electrons. The number of halogens is 2. The van der Waals surface area contributed by atoms with Crippen molar-refractivity contribution in [3.05, 3.63) is 41.5 Å². The standard InChI is InChI=1S/C7H4ClF/c1-5-3-2-4-6(8)7(5)9/h1-4H. The van der Waals surface area contributed by atoms with Gasteiger partial charge in [-0.25, -0.2) is 4.39 Å². The largest absolute Gasteiger partial charge is 0.205 e. The average molecular weight is 143 g/mol. The first-order chi connectivity index (χ1) is 4.22. The molecule has 0 aromatic heterocycles. The molecular formula is C7H4ClF. The van der Waals surface area contributed by atoms with Crippen molar-refractivity contribution in [2.45, 2.75) is 0 Å². The molecule has 0 aliphatic rings. The van der Waals surface area contributed by atoms with E-state index >= 15 is 0 Å². The van der Waals surface area contributed by atoms with Gasteiger partial charge in [-0.2, -0.15) is 0 Å². The van der Waals surface area contributed by atoms with Crippen molar-refractivity contribution in [1.29, 1.82) is 0 Å². The van der Waals surface area contributed by atoms with Crippen molar-refractivity contribution in [3.8, 4) is 0 Å². The molecule has 0 spiro atoms. The molecule has 0 saturated carbocycles. The van der Waals surface area contributed by atoms with E-state index in [9.17, 15) is 4.39 Å². The zero-order valence-corrected chi connectivity index (χ0v) is 5.32. The molecule has 0 atom stereocenters. The van der Waals surface area contributed by atoms with Gasteiger partial charge in [0.15, 0.2) is 0 Å². The highest BCUT2D eigenvalue weighted by atomic mass is 35.5. The van der Waals surface area contributed by atoms with Gasteiger partial charge in [0.25, 0.3) is 0 Å². The SMILES string of the molecule is [CH]c1cccc(Cl)c1F. The van der Waals surface area contributed by atoms with Crippen LogP contribution in [0.3, 0.4) is 0 Å². The topological polar surface area (TPSA) is 0 Å². The lowest BCUT2D eigenvalue weighted by atomic mass is 10.2. The predicted octanol–water partition coefficient (Wildman–Crippen LogP) is 2.54. The van der Waals surface area contributed by atoms with Crippen molar-refractivity contribution >= 4 is 11.6 Å². The molecule has 0 heterocycles. The van der Waals surface area contributed by atoms with Crippen LogP contribution in [-0.2, 0) is 0 Å². The summed E-state index contributed by atoms with van der Waals surface area (Å²) in [4.78, 5) is 0. The average Bonchev–Trinajstić information content (AvgIpc) is 1.83. The number of rotatable bonds is 0. The van der Waals surface area contributed by atoms with Crippen LogP contribution in [0.4, 0.5) is 4.39 Å². The van der Waals surface area contributed by atoms with Crippen LogP contribution in [0.25, 0.3) is 0 Å². The normalized spacial score (nSPS) is 9.67. The highest BCUT2D eigenvalue weighted by Gasteiger charge is 1.99. The fraction of sp³-hybridized carbons (Fsp3) is 0. The third-order valence-corrected chi connectivity index (χ3v) is 1.27. The lowest BCUT2D eigenvalue weighted by molar-refractivity contribution is 0.623. The quantitative estimate of drug-likeness (QED) is 0.522. The summed E-state index contributed by atoms with van der Waals surface area (Å²) < 4.78 is 12.5. The molecule has 46 valence electrons. The second-order valence-electron chi connectivity index (χ2n) is 1.64. The Balaban J connectivity index is 3.25. The van der Waals surface area contributed by atoms with E-state index in [1.807, 2.05) is 0 Å². The zero-order chi connectivity index (χ0) is 6.85. The van der Waals surface area contributed by atoms with Gasteiger partial charge in [-0.15, -0.1) is 0 Å². The molecular weight excluding hydrogens is 139 g/mol. The fourth-order valence-corrected chi connectivity index (χ4v) is 0.702. The summed E-state index contributed by atoms with van der Waals surface area (Å²) in [7, 11) is 0. The molecule has 0 N–H and O–H groups in total. The molecule has 1 aromatic carbocycles. The van der Waals surface area contributed by atoms with Crippen molar-refractivity contribution in [2.24, 2.45) is 0 Å². The second-order valence-corrected chi connectivity index (χ2v) is 2.05. The number of hydrogen-bond acceptors (Lipinski definition) is 0. The molecule has 0 aliphatic heterocycles. The maximum Gasteiger partial charge on any atom is 0.145 e. The van der Waals surface area contributed by atoms with Crippen LogP contribution < -0.4 is 0 Å². The third-order valence-electron chi connectivity index (χ3n) is 0.981. The monoisotopic (exact) mass is 142 g/mol. The van der Waals surface area contributed by atoms with E-state index < -0.39 is 5.82 Å². The van der Waals surface area contributed by atoms with Crippen LogP contribution in [0.1, 0.15) is 5.56 Å². The van der Waals surface area contributed by atoms with E-state index in [4.69, 9.17) is 18.5 Å². The minimum Gasteiger partial charge on any atom is -0.205 e. The molecule has 9 heavy (non-hydrogen) atoms. The van der Waals surface area contributed by atoms with Crippen molar-refractivity contribution in [3.63, 3.8) is 0 Å². The van der Waals surface area contributed by atoms with Crippen LogP contribution in [0, 0.1) is 12.7 Å². The lowest BCUT2D eigenvalue weighted by Crippen LogP contribution is -1.80. The summed E-state index contributed by atoms with van der Waals surface area (Å²) in [5.74, 6) is -0.542. The van der Waals surface area contributed by atoms with Gasteiger partial charge < -0.3 is 0 Å². The number of hydrogen-bond donors (Lipinski definition) is 0. The summed E-state index contributed by atoms with van der Waals surface area (Å²) in [6.45, 7) is 5.16. The van der Waals surface area contributed by atoms with Gasteiger partial charge in [0, 0.05) is 6.92 Å². The Labute approximate surface area is 58.3 Å². The van der Waals surface area contributed by atoms with E-state index in [0.29, 0.717) is 0 Å². The fourth-order valence-electron chi connectivity index (χ4n) is 0.520. The van der Waals surface area contributed by atoms with Crippen LogP contribution in [0.2, 0.25) is 5.02 Å². The van der Waals surface area contributed by atoms with Crippen LogP contribution in [-0.4, -0.2) is 0 Å². The smallest absolute Gasteiger partial charge is 0.145 e. The molecule has 2 heteroatoms. The summed E-state index contributed by atoms with van der Waals surface area (Å²) in [5, 5.41) is 0.0648. The van der Waals surface area contributed by atoms with Crippen molar-refractivity contribution in [2.75, 3.05) is 0 Å². The van der Waals surface area contributed by atoms with Crippen molar-refractivity contribution < 1.29 is 4.39 Å².